The Labute approximate surface area is 192 Å². The zero-order valence-electron chi connectivity index (χ0n) is 18.1. The quantitative estimate of drug-likeness (QED) is 0.406. The van der Waals surface area contributed by atoms with Gasteiger partial charge >= 0.3 is 6.09 Å². The molecule has 3 rings (SSSR count). The Bertz CT molecular complexity index is 1110. The summed E-state index contributed by atoms with van der Waals surface area (Å²) in [6, 6.07) is 19.0. The topological polar surface area (TPSA) is 92.4 Å². The Morgan fingerprint density at radius 2 is 1.88 bits per heavy atom. The molecule has 8 heteroatoms. The molecule has 0 aliphatic rings. The predicted octanol–water partition coefficient (Wildman–Crippen LogP) is 3.73. The summed E-state index contributed by atoms with van der Waals surface area (Å²) in [6.07, 6.45) is 1.39. The molecule has 2 aromatic carbocycles. The van der Waals surface area contributed by atoms with Crippen molar-refractivity contribution in [3.8, 4) is 0 Å². The van der Waals surface area contributed by atoms with Gasteiger partial charge in [-0.25, -0.2) is 4.79 Å². The van der Waals surface area contributed by atoms with Crippen LogP contribution in [0.3, 0.4) is 0 Å². The van der Waals surface area contributed by atoms with E-state index in [9.17, 15) is 9.59 Å². The predicted molar refractivity (Wildman–Crippen MR) is 127 cm³/mol. The van der Waals surface area contributed by atoms with Crippen LogP contribution in [0.25, 0.3) is 10.8 Å². The van der Waals surface area contributed by atoms with Gasteiger partial charge in [0.25, 0.3) is 5.91 Å². The Morgan fingerprint density at radius 1 is 1.12 bits per heavy atom. The molecule has 32 heavy (non-hydrogen) atoms. The van der Waals surface area contributed by atoms with Gasteiger partial charge in [0.05, 0.1) is 6.04 Å². The largest absolute Gasteiger partial charge is 0.444 e. The highest BCUT2D eigenvalue weighted by Gasteiger charge is 2.23. The van der Waals surface area contributed by atoms with E-state index in [1.807, 2.05) is 30.3 Å². The monoisotopic (exact) mass is 449 g/mol. The summed E-state index contributed by atoms with van der Waals surface area (Å²) in [7, 11) is 0. The van der Waals surface area contributed by atoms with Crippen molar-refractivity contribution in [3.63, 3.8) is 0 Å². The van der Waals surface area contributed by atoms with Crippen LogP contribution in [0.5, 0.6) is 0 Å². The molecule has 0 aliphatic carbocycles. The first kappa shape index (κ1) is 23.1. The molecule has 7 nitrogen and oxygen atoms in total. The summed E-state index contributed by atoms with van der Waals surface area (Å²) in [5.41, 5.74) is 5.91. The van der Waals surface area contributed by atoms with E-state index in [1.54, 1.807) is 51.2 Å². The maximum Gasteiger partial charge on any atom is 0.408 e. The zero-order chi connectivity index (χ0) is 23.1. The fourth-order valence-electron chi connectivity index (χ4n) is 3.01. The number of hydrogen-bond acceptors (Lipinski definition) is 5. The SMILES string of the molecule is CC(C)(C)OC(=O)NC(Cc1ccccc1)C(=S)NNC(=O)c1nccc2c[c]ccc12. The molecule has 0 fully saturated rings. The van der Waals surface area contributed by atoms with Crippen molar-refractivity contribution >= 4 is 40.0 Å². The number of carbonyl (C=O) groups is 2. The third-order valence-corrected chi connectivity index (χ3v) is 4.80. The van der Waals surface area contributed by atoms with Crippen LogP contribution in [0.15, 0.2) is 60.8 Å². The third kappa shape index (κ3) is 6.49. The molecule has 0 bridgehead atoms. The summed E-state index contributed by atoms with van der Waals surface area (Å²) < 4.78 is 5.36. The second kappa shape index (κ2) is 10.2. The van der Waals surface area contributed by atoms with Crippen molar-refractivity contribution in [2.24, 2.45) is 0 Å². The number of ether oxygens (including phenoxy) is 1. The van der Waals surface area contributed by atoms with Gasteiger partial charge in [-0.2, -0.15) is 0 Å². The molecule has 0 saturated carbocycles. The molecule has 3 N–H and O–H groups in total. The lowest BCUT2D eigenvalue weighted by atomic mass is 10.1. The average Bonchev–Trinajstić information content (AvgIpc) is 2.76. The molecule has 1 atom stereocenters. The Hall–Kier alpha value is -3.52. The number of fused-ring (bicyclic) bond motifs is 1. The fraction of sp³-hybridized carbons (Fsp3) is 0.250. The van der Waals surface area contributed by atoms with Crippen molar-refractivity contribution in [3.05, 3.63) is 78.1 Å². The smallest absolute Gasteiger partial charge is 0.408 e. The van der Waals surface area contributed by atoms with Crippen molar-refractivity contribution in [1.29, 1.82) is 0 Å². The second-order valence-corrected chi connectivity index (χ2v) is 8.58. The molecular weight excluding hydrogens is 424 g/mol. The number of hydrazine groups is 1. The first-order valence-corrected chi connectivity index (χ1v) is 10.5. The van der Waals surface area contributed by atoms with Gasteiger partial charge in [0, 0.05) is 11.6 Å². The van der Waals surface area contributed by atoms with Crippen LogP contribution in [-0.4, -0.2) is 33.6 Å². The fourth-order valence-corrected chi connectivity index (χ4v) is 3.21. The van der Waals surface area contributed by atoms with Gasteiger partial charge in [-0.1, -0.05) is 54.7 Å². The van der Waals surface area contributed by atoms with Crippen molar-refractivity contribution in [2.75, 3.05) is 0 Å². The number of alkyl carbamates (subject to hydrolysis) is 1. The summed E-state index contributed by atoms with van der Waals surface area (Å²) in [4.78, 5) is 29.5. The number of nitrogens with one attached hydrogen (secondary N) is 3. The number of pyridine rings is 1. The summed E-state index contributed by atoms with van der Waals surface area (Å²) in [5.74, 6) is -0.445. The number of carbonyl (C=O) groups excluding carboxylic acids is 2. The molecule has 0 spiro atoms. The molecule has 0 saturated heterocycles. The Balaban J connectivity index is 1.70. The molecule has 1 aromatic heterocycles. The number of amides is 2. The molecule has 1 radical (unpaired) electrons. The zero-order valence-corrected chi connectivity index (χ0v) is 19.0. The molecular formula is C24H25N4O3S. The van der Waals surface area contributed by atoms with Crippen LogP contribution in [0, 0.1) is 6.07 Å². The van der Waals surface area contributed by atoms with Crippen molar-refractivity contribution < 1.29 is 14.3 Å². The van der Waals surface area contributed by atoms with Crippen molar-refractivity contribution in [2.45, 2.75) is 38.8 Å². The van der Waals surface area contributed by atoms with Crippen LogP contribution < -0.4 is 16.2 Å². The number of benzene rings is 2. The van der Waals surface area contributed by atoms with Gasteiger partial charge in [0.15, 0.2) is 0 Å². The molecule has 1 heterocycles. The number of thiocarbonyl (C=S) groups is 1. The Kier molecular flexibility index (Phi) is 7.37. The second-order valence-electron chi connectivity index (χ2n) is 8.14. The first-order chi connectivity index (χ1) is 15.2. The van der Waals surface area contributed by atoms with Gasteiger partial charge < -0.3 is 10.1 Å². The normalized spacial score (nSPS) is 12.0. The van der Waals surface area contributed by atoms with Gasteiger partial charge in [-0.05, 0) is 56.3 Å². The van der Waals surface area contributed by atoms with E-state index in [0.717, 1.165) is 10.9 Å². The van der Waals surface area contributed by atoms with Crippen LogP contribution in [0.2, 0.25) is 0 Å². The number of nitrogens with zero attached hydrogens (tertiary/aromatic N) is 1. The maximum absolute atomic E-state index is 12.7. The van der Waals surface area contributed by atoms with E-state index < -0.39 is 23.6 Å². The van der Waals surface area contributed by atoms with E-state index in [-0.39, 0.29) is 10.7 Å². The number of hydrogen-bond donors (Lipinski definition) is 3. The highest BCUT2D eigenvalue weighted by Crippen LogP contribution is 2.15. The average molecular weight is 450 g/mol. The molecule has 0 aliphatic heterocycles. The van der Waals surface area contributed by atoms with Gasteiger partial charge in [-0.15, -0.1) is 0 Å². The van der Waals surface area contributed by atoms with Gasteiger partial charge in [0.1, 0.15) is 16.3 Å². The lowest BCUT2D eigenvalue weighted by Gasteiger charge is -2.24. The lowest BCUT2D eigenvalue weighted by molar-refractivity contribution is 0.0518. The van der Waals surface area contributed by atoms with Gasteiger partial charge in [-0.3, -0.25) is 20.6 Å². The minimum absolute atomic E-state index is 0.238. The van der Waals surface area contributed by atoms with E-state index in [1.165, 1.54) is 0 Å². The summed E-state index contributed by atoms with van der Waals surface area (Å²) >= 11 is 5.48. The van der Waals surface area contributed by atoms with E-state index in [0.29, 0.717) is 11.8 Å². The van der Waals surface area contributed by atoms with E-state index in [2.05, 4.69) is 27.2 Å². The van der Waals surface area contributed by atoms with Crippen LogP contribution in [-0.2, 0) is 11.2 Å². The number of aromatic nitrogens is 1. The van der Waals surface area contributed by atoms with Crippen LogP contribution in [0.1, 0.15) is 36.8 Å². The standard InChI is InChI=1S/C24H25N4O3S/c1-24(2,3)31-23(30)26-19(15-16-9-5-4-6-10-16)22(32)28-27-21(29)20-18-12-8-7-11-17(18)13-14-25-20/h4-6,8-14,19H,15H2,1-3H3,(H,26,30)(H,27,29)(H,28,32). The number of rotatable bonds is 5. The third-order valence-electron chi connectivity index (χ3n) is 4.41. The maximum atomic E-state index is 12.7. The minimum atomic E-state index is -0.651. The summed E-state index contributed by atoms with van der Waals surface area (Å²) in [5, 5.41) is 4.33. The van der Waals surface area contributed by atoms with Gasteiger partial charge in [0.2, 0.25) is 0 Å². The lowest BCUT2D eigenvalue weighted by Crippen LogP contribution is -2.53. The first-order valence-electron chi connectivity index (χ1n) is 10.1. The van der Waals surface area contributed by atoms with E-state index in [4.69, 9.17) is 17.0 Å². The van der Waals surface area contributed by atoms with Crippen LogP contribution in [0.4, 0.5) is 4.79 Å². The highest BCUT2D eigenvalue weighted by atomic mass is 32.1. The highest BCUT2D eigenvalue weighted by molar-refractivity contribution is 7.80. The van der Waals surface area contributed by atoms with Crippen LogP contribution >= 0.6 is 12.2 Å². The molecule has 165 valence electrons. The molecule has 2 amide bonds. The molecule has 3 aromatic rings. The van der Waals surface area contributed by atoms with E-state index >= 15 is 0 Å². The Morgan fingerprint density at radius 3 is 2.59 bits per heavy atom. The minimum Gasteiger partial charge on any atom is -0.444 e. The summed E-state index contributed by atoms with van der Waals surface area (Å²) in [6.45, 7) is 5.35. The van der Waals surface area contributed by atoms with Crippen molar-refractivity contribution in [1.82, 2.24) is 21.2 Å². The molecule has 1 unspecified atom stereocenters.